The summed E-state index contributed by atoms with van der Waals surface area (Å²) in [6.45, 7) is -3.06. The van der Waals surface area contributed by atoms with E-state index in [4.69, 9.17) is 10.5 Å². The summed E-state index contributed by atoms with van der Waals surface area (Å²) < 4.78 is 35.1. The number of fused-ring (bicyclic) bond motifs is 1. The average molecular weight is 399 g/mol. The van der Waals surface area contributed by atoms with Crippen LogP contribution in [0.3, 0.4) is 0 Å². The number of amides is 1. The number of methoxy groups -OCH3 is 1. The van der Waals surface area contributed by atoms with Gasteiger partial charge in [-0.05, 0) is 54.7 Å². The van der Waals surface area contributed by atoms with Crippen molar-refractivity contribution < 1.29 is 23.0 Å². The van der Waals surface area contributed by atoms with Crippen molar-refractivity contribution in [3.8, 4) is 11.5 Å². The average Bonchev–Trinajstić information content (AvgIpc) is 2.61. The molecule has 2 aromatic rings. The molecule has 0 fully saturated rings. The predicted octanol–water partition coefficient (Wildman–Crippen LogP) is 4.11. The molecular weight excluding hydrogens is 378 g/mol. The molecule has 1 aliphatic rings. The minimum Gasteiger partial charge on any atom is -0.493 e. The maximum Gasteiger partial charge on any atom is 0.387 e. The van der Waals surface area contributed by atoms with E-state index in [1.807, 2.05) is 12.1 Å². The number of carbonyl (C=O) groups is 1. The van der Waals surface area contributed by atoms with Crippen LogP contribution in [0.15, 0.2) is 36.4 Å². The van der Waals surface area contributed by atoms with E-state index >= 15 is 0 Å². The highest BCUT2D eigenvalue weighted by Gasteiger charge is 2.25. The van der Waals surface area contributed by atoms with Crippen LogP contribution in [0.25, 0.3) is 0 Å². The quantitative estimate of drug-likeness (QED) is 0.743. The van der Waals surface area contributed by atoms with Crippen molar-refractivity contribution in [2.75, 3.05) is 12.8 Å². The lowest BCUT2D eigenvalue weighted by Gasteiger charge is -2.27. The number of rotatable bonds is 5. The Balaban J connectivity index is 0.00000261. The summed E-state index contributed by atoms with van der Waals surface area (Å²) in [6, 6.07) is 9.84. The molecule has 1 unspecified atom stereocenters. The summed E-state index contributed by atoms with van der Waals surface area (Å²) in [4.78, 5) is 12.7. The zero-order chi connectivity index (χ0) is 18.7. The molecule has 0 saturated carbocycles. The molecule has 0 spiro atoms. The summed E-state index contributed by atoms with van der Waals surface area (Å²) in [5.74, 6) is -0.681. The SMILES string of the molecule is COc1cccc(C(=O)NC2CCCc3cc(N)ccc32)c1OC(F)F.Cl. The van der Waals surface area contributed by atoms with Gasteiger partial charge in [0, 0.05) is 5.69 Å². The highest BCUT2D eigenvalue weighted by atomic mass is 35.5. The van der Waals surface area contributed by atoms with E-state index in [1.54, 1.807) is 12.1 Å². The number of ether oxygens (including phenoxy) is 2. The van der Waals surface area contributed by atoms with Crippen LogP contribution >= 0.6 is 12.4 Å². The number of nitrogens with two attached hydrogens (primary N) is 1. The molecule has 146 valence electrons. The first-order valence-corrected chi connectivity index (χ1v) is 8.30. The molecule has 0 bridgehead atoms. The van der Waals surface area contributed by atoms with Gasteiger partial charge in [-0.25, -0.2) is 0 Å². The van der Waals surface area contributed by atoms with E-state index in [1.165, 1.54) is 19.2 Å². The summed E-state index contributed by atoms with van der Waals surface area (Å²) in [6.07, 6.45) is 2.56. The van der Waals surface area contributed by atoms with Crippen LogP contribution in [0.1, 0.15) is 40.4 Å². The Morgan fingerprint density at radius 1 is 1.30 bits per heavy atom. The number of nitrogens with one attached hydrogen (secondary N) is 1. The third-order valence-electron chi connectivity index (χ3n) is 4.44. The first-order valence-electron chi connectivity index (χ1n) is 8.30. The predicted molar refractivity (Wildman–Crippen MR) is 101 cm³/mol. The first-order chi connectivity index (χ1) is 12.5. The van der Waals surface area contributed by atoms with Crippen LogP contribution < -0.4 is 20.5 Å². The molecule has 0 heterocycles. The normalized spacial score (nSPS) is 15.5. The Hall–Kier alpha value is -2.54. The Bertz CT molecular complexity index is 818. The number of para-hydroxylation sites is 1. The van der Waals surface area contributed by atoms with Gasteiger partial charge in [0.2, 0.25) is 0 Å². The number of benzene rings is 2. The number of aryl methyl sites for hydroxylation is 1. The van der Waals surface area contributed by atoms with Crippen molar-refractivity contribution in [1.29, 1.82) is 0 Å². The highest BCUT2D eigenvalue weighted by molar-refractivity contribution is 5.98. The van der Waals surface area contributed by atoms with E-state index in [-0.39, 0.29) is 35.5 Å². The summed E-state index contributed by atoms with van der Waals surface area (Å²) in [5.41, 5.74) is 8.60. The van der Waals surface area contributed by atoms with Gasteiger partial charge < -0.3 is 20.5 Å². The molecule has 0 radical (unpaired) electrons. The number of anilines is 1. The second-order valence-electron chi connectivity index (χ2n) is 6.09. The van der Waals surface area contributed by atoms with Crippen molar-refractivity contribution in [3.63, 3.8) is 0 Å². The van der Waals surface area contributed by atoms with Gasteiger partial charge in [0.05, 0.1) is 18.7 Å². The molecule has 3 N–H and O–H groups in total. The smallest absolute Gasteiger partial charge is 0.387 e. The maximum atomic E-state index is 12.8. The third kappa shape index (κ3) is 4.60. The van der Waals surface area contributed by atoms with Crippen LogP contribution in [0.5, 0.6) is 11.5 Å². The molecule has 2 aromatic carbocycles. The minimum atomic E-state index is -3.06. The van der Waals surface area contributed by atoms with Gasteiger partial charge in [-0.15, -0.1) is 12.4 Å². The molecule has 0 aliphatic heterocycles. The zero-order valence-electron chi connectivity index (χ0n) is 14.7. The van der Waals surface area contributed by atoms with Crippen molar-refractivity contribution in [1.82, 2.24) is 5.32 Å². The Kier molecular flexibility index (Phi) is 6.85. The topological polar surface area (TPSA) is 73.6 Å². The van der Waals surface area contributed by atoms with Gasteiger partial charge in [-0.1, -0.05) is 12.1 Å². The Morgan fingerprint density at radius 2 is 2.07 bits per heavy atom. The summed E-state index contributed by atoms with van der Waals surface area (Å²) >= 11 is 0. The van der Waals surface area contributed by atoms with Crippen molar-refractivity contribution in [2.24, 2.45) is 0 Å². The second kappa shape index (κ2) is 8.90. The molecule has 3 rings (SSSR count). The van der Waals surface area contributed by atoms with E-state index in [9.17, 15) is 13.6 Å². The highest BCUT2D eigenvalue weighted by Crippen LogP contribution is 2.35. The molecule has 1 amide bonds. The number of hydrogen-bond donors (Lipinski definition) is 2. The molecule has 27 heavy (non-hydrogen) atoms. The van der Waals surface area contributed by atoms with Gasteiger partial charge in [0.1, 0.15) is 0 Å². The van der Waals surface area contributed by atoms with E-state index in [0.29, 0.717) is 5.69 Å². The Labute approximate surface area is 162 Å². The van der Waals surface area contributed by atoms with Gasteiger partial charge >= 0.3 is 6.61 Å². The van der Waals surface area contributed by atoms with Crippen molar-refractivity contribution >= 4 is 24.0 Å². The van der Waals surface area contributed by atoms with Crippen LogP contribution in [-0.2, 0) is 6.42 Å². The van der Waals surface area contributed by atoms with Crippen LogP contribution in [0.4, 0.5) is 14.5 Å². The fourth-order valence-electron chi connectivity index (χ4n) is 3.29. The first kappa shape index (κ1) is 20.8. The number of alkyl halides is 2. The minimum absolute atomic E-state index is 0. The molecular formula is C19H21ClF2N2O3. The molecule has 0 saturated heterocycles. The number of hydrogen-bond acceptors (Lipinski definition) is 4. The van der Waals surface area contributed by atoms with Crippen molar-refractivity contribution in [3.05, 3.63) is 53.1 Å². The van der Waals surface area contributed by atoms with Gasteiger partial charge in [-0.2, -0.15) is 8.78 Å². The molecule has 8 heteroatoms. The maximum absolute atomic E-state index is 12.8. The lowest BCUT2D eigenvalue weighted by atomic mass is 9.87. The van der Waals surface area contributed by atoms with E-state index in [2.05, 4.69) is 10.1 Å². The van der Waals surface area contributed by atoms with Gasteiger partial charge in [0.15, 0.2) is 11.5 Å². The second-order valence-corrected chi connectivity index (χ2v) is 6.09. The molecule has 0 aromatic heterocycles. The molecule has 1 aliphatic carbocycles. The fraction of sp³-hybridized carbons (Fsp3) is 0.316. The largest absolute Gasteiger partial charge is 0.493 e. The number of halogens is 3. The van der Waals surface area contributed by atoms with Crippen LogP contribution in [0.2, 0.25) is 0 Å². The zero-order valence-corrected chi connectivity index (χ0v) is 15.5. The number of nitrogen functional groups attached to an aromatic ring is 1. The summed E-state index contributed by atoms with van der Waals surface area (Å²) in [7, 11) is 1.33. The van der Waals surface area contributed by atoms with Gasteiger partial charge in [-0.3, -0.25) is 4.79 Å². The molecule has 1 atom stereocenters. The Morgan fingerprint density at radius 3 is 2.78 bits per heavy atom. The lowest BCUT2D eigenvalue weighted by Crippen LogP contribution is -2.31. The van der Waals surface area contributed by atoms with Crippen LogP contribution in [-0.4, -0.2) is 19.6 Å². The lowest BCUT2D eigenvalue weighted by molar-refractivity contribution is -0.0515. The van der Waals surface area contributed by atoms with Gasteiger partial charge in [0.25, 0.3) is 5.91 Å². The summed E-state index contributed by atoms with van der Waals surface area (Å²) in [5, 5.41) is 2.92. The molecule has 5 nitrogen and oxygen atoms in total. The monoisotopic (exact) mass is 398 g/mol. The third-order valence-corrected chi connectivity index (χ3v) is 4.44. The van der Waals surface area contributed by atoms with E-state index in [0.717, 1.165) is 30.4 Å². The standard InChI is InChI=1S/C19H20F2N2O3.ClH/c1-25-16-7-3-5-14(17(16)26-19(20)21)18(24)23-15-6-2-4-11-10-12(22)8-9-13(11)15;/h3,5,7-10,15,19H,2,4,6,22H2,1H3,(H,23,24);1H. The van der Waals surface area contributed by atoms with Crippen molar-refractivity contribution in [2.45, 2.75) is 31.9 Å². The fourth-order valence-corrected chi connectivity index (χ4v) is 3.29. The van der Waals surface area contributed by atoms with E-state index < -0.39 is 12.5 Å². The number of carbonyl (C=O) groups excluding carboxylic acids is 1. The van der Waals surface area contributed by atoms with Crippen LogP contribution in [0, 0.1) is 0 Å².